The Hall–Kier alpha value is -0.0800. The molecule has 1 aliphatic rings. The van der Waals surface area contributed by atoms with Crippen molar-refractivity contribution in [2.24, 2.45) is 17.1 Å². The molecule has 0 aromatic heterocycles. The van der Waals surface area contributed by atoms with Gasteiger partial charge in [-0.1, -0.05) is 34.1 Å². The summed E-state index contributed by atoms with van der Waals surface area (Å²) in [6.07, 6.45) is 4.20. The second-order valence-corrected chi connectivity index (χ2v) is 5.91. The molecule has 0 bridgehead atoms. The highest BCUT2D eigenvalue weighted by Crippen LogP contribution is 2.31. The third-order valence-corrected chi connectivity index (χ3v) is 3.88. The summed E-state index contributed by atoms with van der Waals surface area (Å²) in [6.45, 7) is 12.3. The summed E-state index contributed by atoms with van der Waals surface area (Å²) < 4.78 is 0. The maximum atomic E-state index is 5.82. The number of nitrogens with two attached hydrogens (primary N) is 1. The summed E-state index contributed by atoms with van der Waals surface area (Å²) in [5.74, 6) is 0.874. The first kappa shape index (κ1) is 13.0. The highest BCUT2D eigenvalue weighted by Gasteiger charge is 2.31. The average Bonchev–Trinajstić information content (AvgIpc) is 2.61. The predicted octanol–water partition coefficient (Wildman–Crippen LogP) is 2.48. The van der Waals surface area contributed by atoms with E-state index in [2.05, 4.69) is 32.6 Å². The smallest absolute Gasteiger partial charge is 0.0121 e. The van der Waals surface area contributed by atoms with E-state index in [1.165, 1.54) is 25.8 Å². The van der Waals surface area contributed by atoms with E-state index in [0.29, 0.717) is 0 Å². The lowest BCUT2D eigenvalue weighted by molar-refractivity contribution is 0.119. The van der Waals surface area contributed by atoms with E-state index in [1.807, 2.05) is 0 Å². The first-order valence-electron chi connectivity index (χ1n) is 6.44. The minimum Gasteiger partial charge on any atom is -0.330 e. The van der Waals surface area contributed by atoms with E-state index in [-0.39, 0.29) is 5.41 Å². The number of rotatable bonds is 5. The second kappa shape index (κ2) is 5.31. The second-order valence-electron chi connectivity index (χ2n) is 5.91. The highest BCUT2D eigenvalue weighted by atomic mass is 15.2. The van der Waals surface area contributed by atoms with Gasteiger partial charge in [-0.2, -0.15) is 0 Å². The van der Waals surface area contributed by atoms with Crippen LogP contribution in [-0.2, 0) is 0 Å². The maximum absolute atomic E-state index is 5.82. The molecule has 0 amide bonds. The monoisotopic (exact) mass is 212 g/mol. The van der Waals surface area contributed by atoms with Crippen LogP contribution < -0.4 is 5.73 Å². The quantitative estimate of drug-likeness (QED) is 0.758. The molecular formula is C13H28N2. The Bertz CT molecular complexity index is 189. The Labute approximate surface area is 95.2 Å². The van der Waals surface area contributed by atoms with Crippen molar-refractivity contribution in [3.8, 4) is 0 Å². The van der Waals surface area contributed by atoms with Crippen molar-refractivity contribution in [2.45, 2.75) is 53.0 Å². The molecule has 0 saturated heterocycles. The van der Waals surface area contributed by atoms with Crippen molar-refractivity contribution in [1.29, 1.82) is 0 Å². The normalized spacial score (nSPS) is 27.6. The molecule has 2 nitrogen and oxygen atoms in total. The van der Waals surface area contributed by atoms with Crippen LogP contribution >= 0.6 is 0 Å². The van der Waals surface area contributed by atoms with Crippen molar-refractivity contribution < 1.29 is 0 Å². The molecule has 0 aromatic carbocycles. The van der Waals surface area contributed by atoms with Crippen LogP contribution in [0.4, 0.5) is 0 Å². The molecule has 0 aromatic rings. The minimum atomic E-state index is 0.262. The van der Waals surface area contributed by atoms with Gasteiger partial charge < -0.3 is 5.73 Å². The molecule has 1 rings (SSSR count). The molecule has 1 saturated carbocycles. The molecule has 2 atom stereocenters. The van der Waals surface area contributed by atoms with Gasteiger partial charge in [0.05, 0.1) is 0 Å². The van der Waals surface area contributed by atoms with Crippen molar-refractivity contribution in [3.63, 3.8) is 0 Å². The van der Waals surface area contributed by atoms with Gasteiger partial charge in [0.1, 0.15) is 0 Å². The number of nitrogens with zero attached hydrogens (tertiary/aromatic N) is 1. The van der Waals surface area contributed by atoms with Crippen LogP contribution in [0.15, 0.2) is 0 Å². The zero-order chi connectivity index (χ0) is 11.5. The van der Waals surface area contributed by atoms with Gasteiger partial charge in [0, 0.05) is 12.6 Å². The van der Waals surface area contributed by atoms with Gasteiger partial charge in [-0.25, -0.2) is 0 Å². The summed E-state index contributed by atoms with van der Waals surface area (Å²) in [7, 11) is 0. The third-order valence-electron chi connectivity index (χ3n) is 3.88. The van der Waals surface area contributed by atoms with Crippen molar-refractivity contribution in [1.82, 2.24) is 4.90 Å². The lowest BCUT2D eigenvalue weighted by atomic mass is 9.91. The molecule has 1 aliphatic carbocycles. The fourth-order valence-corrected chi connectivity index (χ4v) is 2.75. The van der Waals surface area contributed by atoms with Crippen molar-refractivity contribution in [2.75, 3.05) is 19.6 Å². The first-order valence-corrected chi connectivity index (χ1v) is 6.44. The fourth-order valence-electron chi connectivity index (χ4n) is 2.75. The molecule has 15 heavy (non-hydrogen) atoms. The van der Waals surface area contributed by atoms with Gasteiger partial charge in [-0.15, -0.1) is 0 Å². The van der Waals surface area contributed by atoms with Crippen molar-refractivity contribution >= 4 is 0 Å². The number of hydrogen-bond acceptors (Lipinski definition) is 2. The van der Waals surface area contributed by atoms with Crippen LogP contribution in [0.25, 0.3) is 0 Å². The molecular weight excluding hydrogens is 184 g/mol. The topological polar surface area (TPSA) is 29.3 Å². The van der Waals surface area contributed by atoms with E-state index in [1.54, 1.807) is 0 Å². The molecule has 0 spiro atoms. The molecule has 2 heteroatoms. The molecule has 90 valence electrons. The Morgan fingerprint density at radius 2 is 2.00 bits per heavy atom. The van der Waals surface area contributed by atoms with E-state index < -0.39 is 0 Å². The molecule has 2 N–H and O–H groups in total. The number of hydrogen-bond donors (Lipinski definition) is 1. The van der Waals surface area contributed by atoms with Crippen molar-refractivity contribution in [3.05, 3.63) is 0 Å². The Kier molecular flexibility index (Phi) is 4.60. The molecule has 2 unspecified atom stereocenters. The molecule has 1 fully saturated rings. The van der Waals surface area contributed by atoms with Crippen LogP contribution in [0.2, 0.25) is 0 Å². The lowest BCUT2D eigenvalue weighted by Crippen LogP contribution is -2.45. The zero-order valence-electron chi connectivity index (χ0n) is 10.9. The minimum absolute atomic E-state index is 0.262. The Morgan fingerprint density at radius 3 is 2.40 bits per heavy atom. The van der Waals surface area contributed by atoms with Crippen LogP contribution in [0, 0.1) is 11.3 Å². The van der Waals surface area contributed by atoms with E-state index in [4.69, 9.17) is 5.73 Å². The standard InChI is InChI=1S/C13H28N2/c1-5-15(10-13(3,4)9-14)12-8-6-7-11(12)2/h11-12H,5-10,14H2,1-4H3. The van der Waals surface area contributed by atoms with Crippen LogP contribution in [0.3, 0.4) is 0 Å². The van der Waals surface area contributed by atoms with Gasteiger partial charge >= 0.3 is 0 Å². The summed E-state index contributed by atoms with van der Waals surface area (Å²) in [4.78, 5) is 2.64. The van der Waals surface area contributed by atoms with Gasteiger partial charge in [0.25, 0.3) is 0 Å². The van der Waals surface area contributed by atoms with Crippen LogP contribution in [0.1, 0.15) is 47.0 Å². The lowest BCUT2D eigenvalue weighted by Gasteiger charge is -2.37. The Morgan fingerprint density at radius 1 is 1.33 bits per heavy atom. The summed E-state index contributed by atoms with van der Waals surface area (Å²) >= 11 is 0. The van der Waals surface area contributed by atoms with Gasteiger partial charge in [0.15, 0.2) is 0 Å². The maximum Gasteiger partial charge on any atom is 0.0121 e. The van der Waals surface area contributed by atoms with Crippen LogP contribution in [-0.4, -0.2) is 30.6 Å². The van der Waals surface area contributed by atoms with Gasteiger partial charge in [-0.3, -0.25) is 4.90 Å². The largest absolute Gasteiger partial charge is 0.330 e. The zero-order valence-corrected chi connectivity index (χ0v) is 10.9. The third kappa shape index (κ3) is 3.46. The molecule has 0 aliphatic heterocycles. The van der Waals surface area contributed by atoms with E-state index in [9.17, 15) is 0 Å². The van der Waals surface area contributed by atoms with Crippen LogP contribution in [0.5, 0.6) is 0 Å². The van der Waals surface area contributed by atoms with Gasteiger partial charge in [-0.05, 0) is 37.3 Å². The first-order chi connectivity index (χ1) is 7.00. The van der Waals surface area contributed by atoms with E-state index in [0.717, 1.165) is 25.0 Å². The summed E-state index contributed by atoms with van der Waals surface area (Å²) in [6, 6.07) is 0.806. The molecule has 0 radical (unpaired) electrons. The fraction of sp³-hybridized carbons (Fsp3) is 1.00. The highest BCUT2D eigenvalue weighted by molar-refractivity contribution is 4.85. The summed E-state index contributed by atoms with van der Waals surface area (Å²) in [5, 5.41) is 0. The average molecular weight is 212 g/mol. The summed E-state index contributed by atoms with van der Waals surface area (Å²) in [5.41, 5.74) is 6.08. The van der Waals surface area contributed by atoms with E-state index >= 15 is 0 Å². The SMILES string of the molecule is CCN(CC(C)(C)CN)C1CCCC1C. The predicted molar refractivity (Wildman–Crippen MR) is 66.9 cm³/mol. The Balaban J connectivity index is 2.55. The van der Waals surface area contributed by atoms with Gasteiger partial charge in [0.2, 0.25) is 0 Å². The molecule has 0 heterocycles.